The molecule has 1 aromatic heterocycles. The molecule has 2 aromatic rings. The maximum Gasteiger partial charge on any atom is 0.261 e. The van der Waals surface area contributed by atoms with Gasteiger partial charge in [-0.05, 0) is 43.6 Å². The van der Waals surface area contributed by atoms with E-state index in [0.29, 0.717) is 15.6 Å². The first-order valence-corrected chi connectivity index (χ1v) is 10.1. The van der Waals surface area contributed by atoms with Crippen LogP contribution < -0.4 is 15.5 Å². The van der Waals surface area contributed by atoms with E-state index in [0.717, 1.165) is 31.9 Å². The lowest BCUT2D eigenvalue weighted by atomic mass is 10.2. The SMILES string of the molecule is CC(NC(=O)c1cccs1)C(=O)Nc1cc(Cl)ccc1N1CCN(C)CC1. The Balaban J connectivity index is 1.69. The van der Waals surface area contributed by atoms with Gasteiger partial charge in [0.25, 0.3) is 5.91 Å². The molecule has 3 rings (SSSR count). The van der Waals surface area contributed by atoms with Gasteiger partial charge in [0.05, 0.1) is 16.3 Å². The molecule has 27 heavy (non-hydrogen) atoms. The summed E-state index contributed by atoms with van der Waals surface area (Å²) < 4.78 is 0. The largest absolute Gasteiger partial charge is 0.367 e. The highest BCUT2D eigenvalue weighted by molar-refractivity contribution is 7.12. The Kier molecular flexibility index (Phi) is 6.36. The van der Waals surface area contributed by atoms with E-state index in [9.17, 15) is 9.59 Å². The molecule has 1 saturated heterocycles. The molecule has 1 atom stereocenters. The summed E-state index contributed by atoms with van der Waals surface area (Å²) in [6.07, 6.45) is 0. The van der Waals surface area contributed by atoms with E-state index < -0.39 is 6.04 Å². The van der Waals surface area contributed by atoms with Crippen LogP contribution in [0.3, 0.4) is 0 Å². The Labute approximate surface area is 168 Å². The van der Waals surface area contributed by atoms with Crippen LogP contribution in [0.25, 0.3) is 0 Å². The average molecular weight is 407 g/mol. The monoisotopic (exact) mass is 406 g/mol. The maximum atomic E-state index is 12.6. The highest BCUT2D eigenvalue weighted by atomic mass is 35.5. The van der Waals surface area contributed by atoms with Gasteiger partial charge in [0, 0.05) is 31.2 Å². The molecule has 1 aromatic carbocycles. The van der Waals surface area contributed by atoms with Crippen molar-refractivity contribution in [3.63, 3.8) is 0 Å². The number of amides is 2. The van der Waals surface area contributed by atoms with Crippen LogP contribution in [0.1, 0.15) is 16.6 Å². The van der Waals surface area contributed by atoms with Crippen LogP contribution in [-0.4, -0.2) is 56.0 Å². The van der Waals surface area contributed by atoms with Gasteiger partial charge in [-0.2, -0.15) is 0 Å². The molecule has 0 bridgehead atoms. The summed E-state index contributed by atoms with van der Waals surface area (Å²) in [5, 5.41) is 8.03. The first-order chi connectivity index (χ1) is 12.9. The van der Waals surface area contributed by atoms with E-state index in [1.807, 2.05) is 17.5 Å². The van der Waals surface area contributed by atoms with Gasteiger partial charge in [-0.3, -0.25) is 9.59 Å². The van der Waals surface area contributed by atoms with Crippen molar-refractivity contribution in [1.29, 1.82) is 0 Å². The lowest BCUT2D eigenvalue weighted by Gasteiger charge is -2.35. The van der Waals surface area contributed by atoms with Gasteiger partial charge in [0.1, 0.15) is 6.04 Å². The number of halogens is 1. The number of nitrogens with one attached hydrogen (secondary N) is 2. The second-order valence-electron chi connectivity index (χ2n) is 6.61. The topological polar surface area (TPSA) is 64.7 Å². The summed E-state index contributed by atoms with van der Waals surface area (Å²) in [7, 11) is 2.10. The summed E-state index contributed by atoms with van der Waals surface area (Å²) >= 11 is 7.49. The Bertz CT molecular complexity index is 804. The molecule has 1 unspecified atom stereocenters. The minimum atomic E-state index is -0.668. The number of thiophene rings is 1. The Morgan fingerprint density at radius 1 is 1.19 bits per heavy atom. The third-order valence-corrected chi connectivity index (χ3v) is 5.65. The van der Waals surface area contributed by atoms with E-state index in [-0.39, 0.29) is 11.8 Å². The fraction of sp³-hybridized carbons (Fsp3) is 0.368. The molecular formula is C19H23ClN4O2S. The molecule has 0 aliphatic carbocycles. The Hall–Kier alpha value is -2.09. The van der Waals surface area contributed by atoms with Crippen LogP contribution in [0.4, 0.5) is 11.4 Å². The third kappa shape index (κ3) is 5.00. The number of hydrogen-bond acceptors (Lipinski definition) is 5. The zero-order valence-corrected chi connectivity index (χ0v) is 16.9. The quantitative estimate of drug-likeness (QED) is 0.801. The Morgan fingerprint density at radius 3 is 2.59 bits per heavy atom. The smallest absolute Gasteiger partial charge is 0.261 e. The van der Waals surface area contributed by atoms with Gasteiger partial charge in [-0.15, -0.1) is 11.3 Å². The van der Waals surface area contributed by atoms with E-state index >= 15 is 0 Å². The van der Waals surface area contributed by atoms with Crippen LogP contribution in [0.5, 0.6) is 0 Å². The molecule has 8 heteroatoms. The maximum absolute atomic E-state index is 12.6. The number of hydrogen-bond donors (Lipinski definition) is 2. The molecule has 1 fully saturated rings. The summed E-state index contributed by atoms with van der Waals surface area (Å²) in [5.74, 6) is -0.532. The number of benzene rings is 1. The Morgan fingerprint density at radius 2 is 1.93 bits per heavy atom. The molecule has 2 heterocycles. The van der Waals surface area contributed by atoms with E-state index in [1.165, 1.54) is 11.3 Å². The van der Waals surface area contributed by atoms with Gasteiger partial charge >= 0.3 is 0 Å². The number of likely N-dealkylation sites (N-methyl/N-ethyl adjacent to an activating group) is 1. The number of carbonyl (C=O) groups excluding carboxylic acids is 2. The summed E-state index contributed by atoms with van der Waals surface area (Å²) in [5.41, 5.74) is 1.60. The molecule has 0 spiro atoms. The highest BCUT2D eigenvalue weighted by Gasteiger charge is 2.21. The van der Waals surface area contributed by atoms with Crippen LogP contribution in [0.2, 0.25) is 5.02 Å². The summed E-state index contributed by atoms with van der Waals surface area (Å²) in [6.45, 7) is 5.35. The lowest BCUT2D eigenvalue weighted by molar-refractivity contribution is -0.117. The molecule has 2 amide bonds. The van der Waals surface area contributed by atoms with Crippen molar-refractivity contribution in [3.8, 4) is 0 Å². The zero-order chi connectivity index (χ0) is 19.4. The fourth-order valence-corrected chi connectivity index (χ4v) is 3.71. The second-order valence-corrected chi connectivity index (χ2v) is 8.00. The molecule has 1 aliphatic heterocycles. The van der Waals surface area contributed by atoms with Crippen molar-refractivity contribution in [3.05, 3.63) is 45.6 Å². The predicted octanol–water partition coefficient (Wildman–Crippen LogP) is 2.91. The van der Waals surface area contributed by atoms with Crippen LogP contribution >= 0.6 is 22.9 Å². The van der Waals surface area contributed by atoms with Gasteiger partial charge < -0.3 is 20.4 Å². The number of anilines is 2. The number of piperazine rings is 1. The normalized spacial score (nSPS) is 16.0. The molecule has 2 N–H and O–H groups in total. The van der Waals surface area contributed by atoms with Gasteiger partial charge in [0.15, 0.2) is 0 Å². The first-order valence-electron chi connectivity index (χ1n) is 8.82. The zero-order valence-electron chi connectivity index (χ0n) is 15.4. The number of nitrogens with zero attached hydrogens (tertiary/aromatic N) is 2. The molecule has 0 radical (unpaired) electrons. The first kappa shape index (κ1) is 19.7. The van der Waals surface area contributed by atoms with Gasteiger partial charge in [-0.1, -0.05) is 17.7 Å². The fourth-order valence-electron chi connectivity index (χ4n) is 2.91. The predicted molar refractivity (Wildman–Crippen MR) is 111 cm³/mol. The van der Waals surface area contributed by atoms with Crippen LogP contribution in [0.15, 0.2) is 35.7 Å². The molecule has 0 saturated carbocycles. The van der Waals surface area contributed by atoms with E-state index in [4.69, 9.17) is 11.6 Å². The third-order valence-electron chi connectivity index (χ3n) is 4.55. The van der Waals surface area contributed by atoms with Crippen molar-refractivity contribution in [2.45, 2.75) is 13.0 Å². The molecule has 6 nitrogen and oxygen atoms in total. The highest BCUT2D eigenvalue weighted by Crippen LogP contribution is 2.30. The van der Waals surface area contributed by atoms with Gasteiger partial charge in [0.2, 0.25) is 5.91 Å². The van der Waals surface area contributed by atoms with E-state index in [1.54, 1.807) is 25.1 Å². The summed E-state index contributed by atoms with van der Waals surface area (Å²) in [4.78, 5) is 29.9. The van der Waals surface area contributed by atoms with Crippen molar-refractivity contribution in [2.24, 2.45) is 0 Å². The second kappa shape index (κ2) is 8.73. The average Bonchev–Trinajstić information content (AvgIpc) is 3.17. The molecule has 144 valence electrons. The number of carbonyl (C=O) groups is 2. The minimum absolute atomic E-state index is 0.252. The van der Waals surface area contributed by atoms with Crippen LogP contribution in [0, 0.1) is 0 Å². The number of rotatable bonds is 5. The standard InChI is InChI=1S/C19H23ClN4O2S/c1-13(21-19(26)17-4-3-11-27-17)18(25)22-15-12-14(20)5-6-16(15)24-9-7-23(2)8-10-24/h3-6,11-13H,7-10H2,1-2H3,(H,21,26)(H,22,25). The summed E-state index contributed by atoms with van der Waals surface area (Å²) in [6, 6.07) is 8.37. The molecular weight excluding hydrogens is 384 g/mol. The van der Waals surface area contributed by atoms with Crippen molar-refractivity contribution in [2.75, 3.05) is 43.4 Å². The van der Waals surface area contributed by atoms with Crippen LogP contribution in [-0.2, 0) is 4.79 Å². The van der Waals surface area contributed by atoms with Crippen molar-refractivity contribution >= 4 is 46.1 Å². The van der Waals surface area contributed by atoms with Gasteiger partial charge in [-0.25, -0.2) is 0 Å². The van der Waals surface area contributed by atoms with Crippen molar-refractivity contribution in [1.82, 2.24) is 10.2 Å². The molecule has 1 aliphatic rings. The van der Waals surface area contributed by atoms with E-state index in [2.05, 4.69) is 27.5 Å². The minimum Gasteiger partial charge on any atom is -0.367 e. The lowest BCUT2D eigenvalue weighted by Crippen LogP contribution is -2.45. The van der Waals surface area contributed by atoms with Crippen molar-refractivity contribution < 1.29 is 9.59 Å².